The highest BCUT2D eigenvalue weighted by atomic mass is 79.9. The maximum atomic E-state index is 13.0. The van der Waals surface area contributed by atoms with E-state index in [1.807, 2.05) is 0 Å². The van der Waals surface area contributed by atoms with Crippen molar-refractivity contribution in [2.45, 2.75) is 11.9 Å². The van der Waals surface area contributed by atoms with Crippen LogP contribution in [0.15, 0.2) is 12.1 Å². The molecule has 0 heterocycles. The van der Waals surface area contributed by atoms with Crippen molar-refractivity contribution in [3.8, 4) is 5.75 Å². The van der Waals surface area contributed by atoms with E-state index >= 15 is 0 Å². The first-order valence-corrected chi connectivity index (χ1v) is 5.14. The molecule has 0 amide bonds. The van der Waals surface area contributed by atoms with Gasteiger partial charge in [-0.05, 0) is 12.1 Å². The molecule has 0 saturated carbocycles. The van der Waals surface area contributed by atoms with Crippen LogP contribution in [0, 0.1) is 5.82 Å². The number of hydrogen-bond donors (Lipinski definition) is 1. The van der Waals surface area contributed by atoms with Gasteiger partial charge in [0.05, 0.1) is 0 Å². The molecule has 1 aromatic carbocycles. The molecule has 3 nitrogen and oxygen atoms in total. The molecule has 0 radical (unpaired) electrons. The molecule has 0 aliphatic carbocycles. The van der Waals surface area contributed by atoms with Crippen LogP contribution in [0.5, 0.6) is 5.75 Å². The number of rotatable bonds is 4. The SMILES string of the molecule is O=C(O)c1cc(F)cc(CBr)c1OC(F)F. The summed E-state index contributed by atoms with van der Waals surface area (Å²) < 4.78 is 41.2. The van der Waals surface area contributed by atoms with E-state index in [4.69, 9.17) is 5.11 Å². The van der Waals surface area contributed by atoms with Gasteiger partial charge in [-0.15, -0.1) is 0 Å². The Hall–Kier alpha value is -1.24. The number of carboxylic acid groups (broad SMARTS) is 1. The van der Waals surface area contributed by atoms with E-state index in [9.17, 15) is 18.0 Å². The number of carboxylic acids is 1. The number of aromatic carboxylic acids is 1. The second kappa shape index (κ2) is 5.20. The number of carbonyl (C=O) groups is 1. The summed E-state index contributed by atoms with van der Waals surface area (Å²) in [6.45, 7) is -3.17. The van der Waals surface area contributed by atoms with Gasteiger partial charge in [0.25, 0.3) is 0 Å². The minimum absolute atomic E-state index is 0.00704. The predicted octanol–water partition coefficient (Wildman–Crippen LogP) is 3.02. The van der Waals surface area contributed by atoms with Crippen molar-refractivity contribution in [3.63, 3.8) is 0 Å². The molecule has 0 spiro atoms. The molecule has 1 N–H and O–H groups in total. The molecular weight excluding hydrogens is 293 g/mol. The summed E-state index contributed by atoms with van der Waals surface area (Å²) in [6.07, 6.45) is 0. The van der Waals surface area contributed by atoms with Crippen LogP contribution in [0.4, 0.5) is 13.2 Å². The summed E-state index contributed by atoms with van der Waals surface area (Å²) in [7, 11) is 0. The lowest BCUT2D eigenvalue weighted by molar-refractivity contribution is -0.0508. The maximum Gasteiger partial charge on any atom is 0.387 e. The molecule has 0 aliphatic rings. The van der Waals surface area contributed by atoms with Crippen molar-refractivity contribution < 1.29 is 27.8 Å². The molecule has 88 valence electrons. The monoisotopic (exact) mass is 298 g/mol. The second-order valence-corrected chi connectivity index (χ2v) is 3.32. The van der Waals surface area contributed by atoms with E-state index in [0.717, 1.165) is 6.07 Å². The first kappa shape index (κ1) is 12.8. The first-order valence-electron chi connectivity index (χ1n) is 4.02. The summed E-state index contributed by atoms with van der Waals surface area (Å²) >= 11 is 2.93. The third-order valence-corrected chi connectivity index (χ3v) is 2.32. The molecule has 0 atom stereocenters. The van der Waals surface area contributed by atoms with E-state index < -0.39 is 29.7 Å². The zero-order valence-corrected chi connectivity index (χ0v) is 9.30. The van der Waals surface area contributed by atoms with Crippen molar-refractivity contribution in [2.75, 3.05) is 0 Å². The van der Waals surface area contributed by atoms with Gasteiger partial charge in [0.2, 0.25) is 0 Å². The number of halogens is 4. The van der Waals surface area contributed by atoms with Crippen LogP contribution in [0.1, 0.15) is 15.9 Å². The van der Waals surface area contributed by atoms with E-state index in [-0.39, 0.29) is 10.9 Å². The summed E-state index contributed by atoms with van der Waals surface area (Å²) in [5, 5.41) is 8.72. The van der Waals surface area contributed by atoms with Crippen LogP contribution in [-0.4, -0.2) is 17.7 Å². The Morgan fingerprint density at radius 2 is 2.12 bits per heavy atom. The fraction of sp³-hybridized carbons (Fsp3) is 0.222. The van der Waals surface area contributed by atoms with E-state index in [1.165, 1.54) is 0 Å². The third kappa shape index (κ3) is 2.88. The fourth-order valence-electron chi connectivity index (χ4n) is 1.14. The Morgan fingerprint density at radius 1 is 1.50 bits per heavy atom. The minimum Gasteiger partial charge on any atom is -0.478 e. The maximum absolute atomic E-state index is 13.0. The van der Waals surface area contributed by atoms with Crippen molar-refractivity contribution >= 4 is 21.9 Å². The van der Waals surface area contributed by atoms with Crippen molar-refractivity contribution in [2.24, 2.45) is 0 Å². The Labute approximate surface area is 97.0 Å². The molecule has 0 saturated heterocycles. The Bertz CT molecular complexity index is 409. The van der Waals surface area contributed by atoms with Gasteiger partial charge in [-0.3, -0.25) is 0 Å². The second-order valence-electron chi connectivity index (χ2n) is 2.76. The van der Waals surface area contributed by atoms with Crippen molar-refractivity contribution in [1.29, 1.82) is 0 Å². The smallest absolute Gasteiger partial charge is 0.387 e. The van der Waals surface area contributed by atoms with Gasteiger partial charge < -0.3 is 9.84 Å². The molecule has 0 aromatic heterocycles. The van der Waals surface area contributed by atoms with Crippen molar-refractivity contribution in [3.05, 3.63) is 29.1 Å². The molecule has 1 aromatic rings. The molecule has 1 rings (SSSR count). The average Bonchev–Trinajstić information content (AvgIpc) is 2.19. The lowest BCUT2D eigenvalue weighted by atomic mass is 10.1. The normalized spacial score (nSPS) is 10.6. The highest BCUT2D eigenvalue weighted by Crippen LogP contribution is 2.29. The number of ether oxygens (including phenoxy) is 1. The zero-order valence-electron chi connectivity index (χ0n) is 7.71. The van der Waals surface area contributed by atoms with Gasteiger partial charge in [0.15, 0.2) is 0 Å². The topological polar surface area (TPSA) is 46.5 Å². The Morgan fingerprint density at radius 3 is 2.56 bits per heavy atom. The average molecular weight is 299 g/mol. The number of benzene rings is 1. The quantitative estimate of drug-likeness (QED) is 0.869. The van der Waals surface area contributed by atoms with Gasteiger partial charge in [-0.25, -0.2) is 9.18 Å². The number of hydrogen-bond acceptors (Lipinski definition) is 2. The van der Waals surface area contributed by atoms with Crippen molar-refractivity contribution in [1.82, 2.24) is 0 Å². The van der Waals surface area contributed by atoms with Crippen LogP contribution in [0.25, 0.3) is 0 Å². The predicted molar refractivity (Wildman–Crippen MR) is 52.6 cm³/mol. The zero-order chi connectivity index (χ0) is 12.3. The minimum atomic E-state index is -3.17. The van der Waals surface area contributed by atoms with E-state index in [1.54, 1.807) is 0 Å². The van der Waals surface area contributed by atoms with Crippen LogP contribution in [-0.2, 0) is 5.33 Å². The van der Waals surface area contributed by atoms with Gasteiger partial charge in [-0.2, -0.15) is 8.78 Å². The third-order valence-electron chi connectivity index (χ3n) is 1.71. The fourth-order valence-corrected chi connectivity index (χ4v) is 1.55. The molecule has 7 heteroatoms. The molecule has 0 bridgehead atoms. The molecule has 0 fully saturated rings. The summed E-state index contributed by atoms with van der Waals surface area (Å²) in [5.41, 5.74) is -0.618. The lowest BCUT2D eigenvalue weighted by Gasteiger charge is -2.12. The summed E-state index contributed by atoms with van der Waals surface area (Å²) in [4.78, 5) is 10.7. The summed E-state index contributed by atoms with van der Waals surface area (Å²) in [5.74, 6) is -2.88. The Kier molecular flexibility index (Phi) is 4.17. The first-order chi connectivity index (χ1) is 7.45. The van der Waals surface area contributed by atoms with E-state index in [2.05, 4.69) is 20.7 Å². The van der Waals surface area contributed by atoms with Crippen LogP contribution >= 0.6 is 15.9 Å². The van der Waals surface area contributed by atoms with Crippen LogP contribution in [0.2, 0.25) is 0 Å². The molecule has 0 aliphatic heterocycles. The largest absolute Gasteiger partial charge is 0.478 e. The lowest BCUT2D eigenvalue weighted by Crippen LogP contribution is -2.10. The van der Waals surface area contributed by atoms with Gasteiger partial charge in [0.1, 0.15) is 17.1 Å². The van der Waals surface area contributed by atoms with E-state index in [0.29, 0.717) is 6.07 Å². The van der Waals surface area contributed by atoms with Gasteiger partial charge in [0, 0.05) is 10.9 Å². The highest BCUT2D eigenvalue weighted by Gasteiger charge is 2.20. The van der Waals surface area contributed by atoms with Gasteiger partial charge in [-0.1, -0.05) is 15.9 Å². The highest BCUT2D eigenvalue weighted by molar-refractivity contribution is 9.08. The molecular formula is C9H6BrF3O3. The molecule has 0 unspecified atom stereocenters. The molecule has 16 heavy (non-hydrogen) atoms. The number of alkyl halides is 3. The Balaban J connectivity index is 3.33. The van der Waals surface area contributed by atoms with Gasteiger partial charge >= 0.3 is 12.6 Å². The van der Waals surface area contributed by atoms with Crippen LogP contribution < -0.4 is 4.74 Å². The standard InChI is InChI=1S/C9H6BrF3O3/c10-3-4-1-5(11)2-6(8(14)15)7(4)16-9(12)13/h1-2,9H,3H2,(H,14,15). The van der Waals surface area contributed by atoms with Crippen LogP contribution in [0.3, 0.4) is 0 Å². The summed E-state index contributed by atoms with van der Waals surface area (Å²) in [6, 6.07) is 1.56.